The number of benzene rings is 1. The smallest absolute Gasteiger partial charge is 0.411 e. The van der Waals surface area contributed by atoms with Crippen LogP contribution in [0.4, 0.5) is 17.6 Å². The Labute approximate surface area is 83.4 Å². The van der Waals surface area contributed by atoms with Gasteiger partial charge in [0.15, 0.2) is 18.4 Å². The fourth-order valence-corrected chi connectivity index (χ4v) is 0.824. The molecule has 0 atom stereocenters. The molecule has 0 fully saturated rings. The summed E-state index contributed by atoms with van der Waals surface area (Å²) in [4.78, 5) is 0. The maximum Gasteiger partial charge on any atom is 0.411 e. The molecule has 0 saturated carbocycles. The minimum atomic E-state index is -4.40. The van der Waals surface area contributed by atoms with Gasteiger partial charge in [-0.25, -0.2) is 4.39 Å². The minimum absolute atomic E-state index is 0.139. The molecule has 0 aliphatic rings. The van der Waals surface area contributed by atoms with Crippen LogP contribution in [0.1, 0.15) is 0 Å². The summed E-state index contributed by atoms with van der Waals surface area (Å²) in [7, 11) is 0. The molecule has 1 aromatic carbocycles. The maximum absolute atomic E-state index is 12.8. The third-order valence-corrected chi connectivity index (χ3v) is 1.40. The number of alkyl halides is 3. The maximum atomic E-state index is 12.8. The van der Waals surface area contributed by atoms with Crippen molar-refractivity contribution in [1.82, 2.24) is 0 Å². The summed E-state index contributed by atoms with van der Waals surface area (Å²) in [5.74, 6) is -0.784. The molecule has 0 spiro atoms. The molecule has 15 heavy (non-hydrogen) atoms. The van der Waals surface area contributed by atoms with E-state index in [1.54, 1.807) is 0 Å². The summed E-state index contributed by atoms with van der Waals surface area (Å²) in [6.45, 7) is -2.05. The molecule has 0 bridgehead atoms. The number of halogens is 4. The van der Waals surface area contributed by atoms with Crippen LogP contribution < -0.4 is 4.74 Å². The Bertz CT molecular complexity index is 311. The summed E-state index contributed by atoms with van der Waals surface area (Å²) in [5, 5.41) is 0. The number of para-hydroxylation sites is 1. The topological polar surface area (TPSA) is 18.5 Å². The number of hydrogen-bond donors (Lipinski definition) is 0. The molecule has 0 radical (unpaired) electrons. The Hall–Kier alpha value is -1.30. The lowest BCUT2D eigenvalue weighted by Crippen LogP contribution is -2.19. The van der Waals surface area contributed by atoms with E-state index in [1.165, 1.54) is 18.2 Å². The van der Waals surface area contributed by atoms with Crippen molar-refractivity contribution < 1.29 is 27.0 Å². The first kappa shape index (κ1) is 11.8. The SMILES string of the molecule is Fc1ccccc1OCOCC(F)(F)F. The van der Waals surface area contributed by atoms with Gasteiger partial charge in [-0.05, 0) is 12.1 Å². The molecule has 0 heterocycles. The molecule has 0 N–H and O–H groups in total. The molecular weight excluding hydrogens is 216 g/mol. The predicted molar refractivity (Wildman–Crippen MR) is 43.9 cm³/mol. The second-order valence-electron chi connectivity index (χ2n) is 2.66. The van der Waals surface area contributed by atoms with Crippen LogP contribution in [-0.2, 0) is 4.74 Å². The van der Waals surface area contributed by atoms with Crippen molar-refractivity contribution in [1.29, 1.82) is 0 Å². The second-order valence-corrected chi connectivity index (χ2v) is 2.66. The highest BCUT2D eigenvalue weighted by molar-refractivity contribution is 5.23. The highest BCUT2D eigenvalue weighted by Crippen LogP contribution is 2.17. The molecule has 0 aliphatic carbocycles. The van der Waals surface area contributed by atoms with E-state index in [4.69, 9.17) is 0 Å². The van der Waals surface area contributed by atoms with Crippen LogP contribution in [-0.4, -0.2) is 19.6 Å². The van der Waals surface area contributed by atoms with Gasteiger partial charge in [-0.2, -0.15) is 13.2 Å². The summed E-state index contributed by atoms with van der Waals surface area (Å²) >= 11 is 0. The third-order valence-electron chi connectivity index (χ3n) is 1.40. The largest absolute Gasteiger partial charge is 0.464 e. The summed E-state index contributed by atoms with van der Waals surface area (Å²) in [5.41, 5.74) is 0. The van der Waals surface area contributed by atoms with Crippen molar-refractivity contribution >= 4 is 0 Å². The zero-order valence-corrected chi connectivity index (χ0v) is 7.55. The fraction of sp³-hybridized carbons (Fsp3) is 0.333. The van der Waals surface area contributed by atoms with Crippen LogP contribution in [0.15, 0.2) is 24.3 Å². The minimum Gasteiger partial charge on any atom is -0.464 e. The summed E-state index contributed by atoms with van der Waals surface area (Å²) in [6, 6.07) is 5.38. The average Bonchev–Trinajstić information content (AvgIpc) is 2.13. The van der Waals surface area contributed by atoms with E-state index < -0.39 is 25.4 Å². The fourth-order valence-electron chi connectivity index (χ4n) is 0.824. The number of rotatable bonds is 4. The highest BCUT2D eigenvalue weighted by Gasteiger charge is 2.27. The molecular formula is C9H8F4O2. The van der Waals surface area contributed by atoms with E-state index in [-0.39, 0.29) is 5.75 Å². The first-order valence-corrected chi connectivity index (χ1v) is 4.01. The molecule has 0 amide bonds. The lowest BCUT2D eigenvalue weighted by molar-refractivity contribution is -0.187. The average molecular weight is 224 g/mol. The highest BCUT2D eigenvalue weighted by atomic mass is 19.4. The van der Waals surface area contributed by atoms with Gasteiger partial charge in [-0.15, -0.1) is 0 Å². The van der Waals surface area contributed by atoms with Gasteiger partial charge in [0.1, 0.15) is 6.61 Å². The van der Waals surface area contributed by atoms with E-state index in [0.717, 1.165) is 6.07 Å². The zero-order valence-electron chi connectivity index (χ0n) is 7.55. The first-order valence-electron chi connectivity index (χ1n) is 4.01. The van der Waals surface area contributed by atoms with Crippen molar-refractivity contribution in [2.75, 3.05) is 13.4 Å². The zero-order chi connectivity index (χ0) is 11.3. The van der Waals surface area contributed by atoms with E-state index in [1.807, 2.05) is 0 Å². The van der Waals surface area contributed by atoms with E-state index >= 15 is 0 Å². The molecule has 84 valence electrons. The molecule has 2 nitrogen and oxygen atoms in total. The molecule has 0 saturated heterocycles. The monoisotopic (exact) mass is 224 g/mol. The van der Waals surface area contributed by atoms with E-state index in [2.05, 4.69) is 9.47 Å². The normalized spacial score (nSPS) is 11.5. The molecule has 1 rings (SSSR count). The van der Waals surface area contributed by atoms with Crippen LogP contribution in [0.25, 0.3) is 0 Å². The standard InChI is InChI=1S/C9H8F4O2/c10-7-3-1-2-4-8(7)15-6-14-5-9(11,12)13/h1-4H,5-6H2. The van der Waals surface area contributed by atoms with Gasteiger partial charge in [-0.3, -0.25) is 0 Å². The Balaban J connectivity index is 2.30. The molecule has 0 aliphatic heterocycles. The number of ether oxygens (including phenoxy) is 2. The van der Waals surface area contributed by atoms with Gasteiger partial charge in [0.25, 0.3) is 0 Å². The Morgan fingerprint density at radius 3 is 2.40 bits per heavy atom. The first-order chi connectivity index (χ1) is 6.99. The van der Waals surface area contributed by atoms with Gasteiger partial charge >= 0.3 is 6.18 Å². The molecule has 0 unspecified atom stereocenters. The third kappa shape index (κ3) is 4.64. The van der Waals surface area contributed by atoms with Gasteiger partial charge in [-0.1, -0.05) is 12.1 Å². The van der Waals surface area contributed by atoms with Crippen molar-refractivity contribution in [3.8, 4) is 5.75 Å². The van der Waals surface area contributed by atoms with Crippen molar-refractivity contribution in [2.24, 2.45) is 0 Å². The van der Waals surface area contributed by atoms with Crippen molar-refractivity contribution in [2.45, 2.75) is 6.18 Å². The summed E-state index contributed by atoms with van der Waals surface area (Å²) in [6.07, 6.45) is -4.40. The Morgan fingerprint density at radius 1 is 1.13 bits per heavy atom. The van der Waals surface area contributed by atoms with Gasteiger partial charge in [0.05, 0.1) is 0 Å². The molecule has 6 heteroatoms. The van der Waals surface area contributed by atoms with Crippen LogP contribution in [0, 0.1) is 5.82 Å². The van der Waals surface area contributed by atoms with Gasteiger partial charge in [0.2, 0.25) is 0 Å². The van der Waals surface area contributed by atoms with Gasteiger partial charge in [0, 0.05) is 0 Å². The molecule has 1 aromatic rings. The Kier molecular flexibility index (Phi) is 3.90. The van der Waals surface area contributed by atoms with E-state index in [9.17, 15) is 17.6 Å². The van der Waals surface area contributed by atoms with Crippen LogP contribution in [0.3, 0.4) is 0 Å². The van der Waals surface area contributed by atoms with Crippen LogP contribution in [0.2, 0.25) is 0 Å². The van der Waals surface area contributed by atoms with E-state index in [0.29, 0.717) is 0 Å². The number of hydrogen-bond acceptors (Lipinski definition) is 2. The van der Waals surface area contributed by atoms with Gasteiger partial charge < -0.3 is 9.47 Å². The van der Waals surface area contributed by atoms with Crippen molar-refractivity contribution in [3.05, 3.63) is 30.1 Å². The Morgan fingerprint density at radius 2 is 1.80 bits per heavy atom. The molecule has 0 aromatic heterocycles. The second kappa shape index (κ2) is 4.97. The lowest BCUT2D eigenvalue weighted by atomic mass is 10.3. The predicted octanol–water partition coefficient (Wildman–Crippen LogP) is 2.74. The lowest BCUT2D eigenvalue weighted by Gasteiger charge is -2.09. The van der Waals surface area contributed by atoms with Crippen molar-refractivity contribution in [3.63, 3.8) is 0 Å². The van der Waals surface area contributed by atoms with Crippen LogP contribution in [0.5, 0.6) is 5.75 Å². The van der Waals surface area contributed by atoms with Crippen LogP contribution >= 0.6 is 0 Å². The quantitative estimate of drug-likeness (QED) is 0.444. The summed E-state index contributed by atoms with van der Waals surface area (Å²) < 4.78 is 56.4.